The van der Waals surface area contributed by atoms with Crippen molar-refractivity contribution in [1.29, 1.82) is 0 Å². The van der Waals surface area contributed by atoms with Crippen LogP contribution in [-0.4, -0.2) is 96.5 Å². The van der Waals surface area contributed by atoms with E-state index in [0.717, 1.165) is 16.3 Å². The predicted molar refractivity (Wildman–Crippen MR) is 188 cm³/mol. The molecule has 14 nitrogen and oxygen atoms in total. The molecule has 1 aromatic heterocycles. The Balaban J connectivity index is 1.32. The number of amides is 4. The highest BCUT2D eigenvalue weighted by Gasteiger charge is 2.62. The number of aromatic nitrogens is 1. The van der Waals surface area contributed by atoms with Gasteiger partial charge in [-0.1, -0.05) is 30.4 Å². The van der Waals surface area contributed by atoms with Crippen LogP contribution in [0.2, 0.25) is 0 Å². The number of alkyl carbamates (subject to hydrolysis) is 1. The van der Waals surface area contributed by atoms with E-state index in [-0.39, 0.29) is 32.6 Å². The van der Waals surface area contributed by atoms with Crippen molar-refractivity contribution in [3.63, 3.8) is 0 Å². The Bertz CT molecular complexity index is 1850. The fourth-order valence-corrected chi connectivity index (χ4v) is 7.75. The Kier molecular flexibility index (Phi) is 10.1. The minimum atomic E-state index is -3.90. The zero-order valence-corrected chi connectivity index (χ0v) is 29.9. The van der Waals surface area contributed by atoms with Crippen molar-refractivity contribution >= 4 is 50.7 Å². The monoisotopic (exact) mass is 723 g/mol. The highest BCUT2D eigenvalue weighted by Crippen LogP contribution is 2.45. The molecule has 3 heterocycles. The highest BCUT2D eigenvalue weighted by molar-refractivity contribution is 7.91. The molecule has 4 aliphatic rings. The molecule has 6 rings (SSSR count). The molecule has 5 atom stereocenters. The number of ether oxygens (including phenoxy) is 3. The first-order valence-electron chi connectivity index (χ1n) is 17.3. The molecule has 4 amide bonds. The van der Waals surface area contributed by atoms with Crippen molar-refractivity contribution in [2.24, 2.45) is 5.92 Å². The number of hydrogen-bond donors (Lipinski definition) is 3. The van der Waals surface area contributed by atoms with Gasteiger partial charge in [-0.15, -0.1) is 6.58 Å². The smallest absolute Gasteiger partial charge is 0.407 e. The number of hydrogen-bond acceptors (Lipinski definition) is 10. The summed E-state index contributed by atoms with van der Waals surface area (Å²) in [4.78, 5) is 60.7. The molecule has 0 unspecified atom stereocenters. The lowest BCUT2D eigenvalue weighted by Crippen LogP contribution is -2.59. The van der Waals surface area contributed by atoms with E-state index in [1.165, 1.54) is 11.0 Å². The molecule has 4 bridgehead atoms. The standard InChI is InChI=1S/C36H45N5O9S/c1-5-24-19-36(24,33(44)40-51(46,47)26-12-13-26)39-30(42)29-18-25-20-41(29)32(43)28(21-49-35(2,3)4)38-34(45)48-16-8-6-7-9-22-10-11-23-14-15-37-31(50-25)27(23)17-22/h5,7,9-11,14-15,17,24-26,28-29H,1,6,8,12-13,16,18-21H2,2-4H3,(H,38,45)(H,39,42)(H,40,44)/b9-7+/t24-,25-,28+,29+,36-/m1/s1. The van der Waals surface area contributed by atoms with Gasteiger partial charge in [0.15, 0.2) is 0 Å². The molecule has 2 aliphatic carbocycles. The summed E-state index contributed by atoms with van der Waals surface area (Å²) in [7, 11) is -3.90. The molecule has 2 saturated carbocycles. The second-order valence-electron chi connectivity index (χ2n) is 14.6. The second-order valence-corrected chi connectivity index (χ2v) is 16.5. The van der Waals surface area contributed by atoms with Crippen LogP contribution in [0, 0.1) is 5.92 Å². The van der Waals surface area contributed by atoms with E-state index in [2.05, 4.69) is 26.9 Å². The van der Waals surface area contributed by atoms with Crippen molar-refractivity contribution in [2.45, 2.75) is 93.9 Å². The Hall–Kier alpha value is -4.50. The summed E-state index contributed by atoms with van der Waals surface area (Å²) in [5.74, 6) is -2.35. The average molecular weight is 724 g/mol. The van der Waals surface area contributed by atoms with Crippen molar-refractivity contribution in [1.82, 2.24) is 25.2 Å². The third kappa shape index (κ3) is 8.36. The van der Waals surface area contributed by atoms with Crippen molar-refractivity contribution in [3.8, 4) is 5.88 Å². The number of sulfonamides is 1. The van der Waals surface area contributed by atoms with E-state index in [9.17, 15) is 27.6 Å². The molecule has 15 heteroatoms. The third-order valence-electron chi connectivity index (χ3n) is 9.46. The lowest BCUT2D eigenvalue weighted by Gasteiger charge is -2.31. The first kappa shape index (κ1) is 36.3. The van der Waals surface area contributed by atoms with Crippen molar-refractivity contribution < 1.29 is 41.8 Å². The number of pyridine rings is 1. The lowest BCUT2D eigenvalue weighted by atomic mass is 10.1. The Morgan fingerprint density at radius 2 is 2.00 bits per heavy atom. The van der Waals surface area contributed by atoms with Gasteiger partial charge >= 0.3 is 6.09 Å². The number of cyclic esters (lactones) is 1. The van der Waals surface area contributed by atoms with Crippen LogP contribution < -0.4 is 20.1 Å². The molecule has 1 aromatic carbocycles. The maximum atomic E-state index is 14.4. The normalized spacial score (nSPS) is 27.7. The van der Waals surface area contributed by atoms with Gasteiger partial charge in [0.2, 0.25) is 27.7 Å². The number of carbonyl (C=O) groups is 4. The molecule has 0 spiro atoms. The van der Waals surface area contributed by atoms with Crippen LogP contribution in [0.4, 0.5) is 4.79 Å². The van der Waals surface area contributed by atoms with Gasteiger partial charge in [-0.05, 0) is 76.0 Å². The van der Waals surface area contributed by atoms with Crippen LogP contribution in [0.3, 0.4) is 0 Å². The summed E-state index contributed by atoms with van der Waals surface area (Å²) in [6, 6.07) is 5.34. The zero-order chi connectivity index (χ0) is 36.6. The zero-order valence-electron chi connectivity index (χ0n) is 29.1. The van der Waals surface area contributed by atoms with Crippen molar-refractivity contribution in [2.75, 3.05) is 19.8 Å². The molecule has 51 heavy (non-hydrogen) atoms. The summed E-state index contributed by atoms with van der Waals surface area (Å²) in [5, 5.41) is 6.39. The summed E-state index contributed by atoms with van der Waals surface area (Å²) in [5.41, 5.74) is -1.31. The number of rotatable bonds is 8. The van der Waals surface area contributed by atoms with Crippen LogP contribution in [0.1, 0.15) is 64.9 Å². The van der Waals surface area contributed by atoms with Crippen LogP contribution >= 0.6 is 0 Å². The largest absolute Gasteiger partial charge is 0.472 e. The molecule has 2 aromatic rings. The first-order chi connectivity index (χ1) is 24.2. The molecular formula is C36H45N5O9S. The van der Waals surface area contributed by atoms with E-state index < -0.39 is 74.3 Å². The number of fused-ring (bicyclic) bond motifs is 3. The van der Waals surface area contributed by atoms with Gasteiger partial charge in [-0.25, -0.2) is 18.2 Å². The molecular weight excluding hydrogens is 678 g/mol. The minimum Gasteiger partial charge on any atom is -0.472 e. The summed E-state index contributed by atoms with van der Waals surface area (Å²) < 4.78 is 45.2. The van der Waals surface area contributed by atoms with E-state index in [1.807, 2.05) is 57.2 Å². The molecule has 3 N–H and O–H groups in total. The molecule has 1 saturated heterocycles. The predicted octanol–water partition coefficient (Wildman–Crippen LogP) is 2.97. The second kappa shape index (κ2) is 14.3. The first-order valence-corrected chi connectivity index (χ1v) is 18.8. The summed E-state index contributed by atoms with van der Waals surface area (Å²) in [6.45, 7) is 9.02. The molecule has 2 aliphatic heterocycles. The summed E-state index contributed by atoms with van der Waals surface area (Å²) >= 11 is 0. The van der Waals surface area contributed by atoms with Gasteiger partial charge in [-0.2, -0.15) is 0 Å². The van der Waals surface area contributed by atoms with Gasteiger partial charge < -0.3 is 29.7 Å². The SMILES string of the molecule is C=C[C@@H]1C[C@]1(NC(=O)[C@@H]1C[C@@H]2CN1C(=O)[C@H](COC(C)(C)C)NC(=O)OCCC/C=C/c1ccc3ccnc(c3c1)O2)C(=O)NS(=O)(=O)C1CC1. The topological polar surface area (TPSA) is 182 Å². The van der Waals surface area contributed by atoms with Gasteiger partial charge in [0.05, 0.1) is 30.6 Å². The number of nitrogens with zero attached hydrogens (tertiary/aromatic N) is 2. The number of allylic oxidation sites excluding steroid dienone is 1. The third-order valence-corrected chi connectivity index (χ3v) is 11.3. The number of carbonyl (C=O) groups excluding carboxylic acids is 4. The van der Waals surface area contributed by atoms with Crippen molar-refractivity contribution in [3.05, 3.63) is 54.8 Å². The average Bonchev–Trinajstić information content (AvgIpc) is 4.00. The van der Waals surface area contributed by atoms with Crippen LogP contribution in [0.15, 0.2) is 49.2 Å². The van der Waals surface area contributed by atoms with E-state index >= 15 is 0 Å². The Labute approximate surface area is 297 Å². The van der Waals surface area contributed by atoms with Crippen LogP contribution in [0.25, 0.3) is 16.8 Å². The number of nitrogens with one attached hydrogen (secondary N) is 3. The maximum Gasteiger partial charge on any atom is 0.407 e. The molecule has 274 valence electrons. The fourth-order valence-electron chi connectivity index (χ4n) is 6.39. The fraction of sp³-hybridized carbons (Fsp3) is 0.528. The highest BCUT2D eigenvalue weighted by atomic mass is 32.2. The molecule has 0 radical (unpaired) electrons. The van der Waals surface area contributed by atoms with Crippen LogP contribution in [-0.2, 0) is 33.9 Å². The molecule has 3 fully saturated rings. The van der Waals surface area contributed by atoms with Gasteiger partial charge in [0.25, 0.3) is 5.91 Å². The number of benzene rings is 1. The van der Waals surface area contributed by atoms with Crippen LogP contribution in [0.5, 0.6) is 5.88 Å². The quantitative estimate of drug-likeness (QED) is 0.343. The maximum absolute atomic E-state index is 14.4. The van der Waals surface area contributed by atoms with Gasteiger partial charge in [0, 0.05) is 23.9 Å². The van der Waals surface area contributed by atoms with E-state index in [1.54, 1.807) is 6.20 Å². The van der Waals surface area contributed by atoms with Gasteiger partial charge in [0.1, 0.15) is 23.7 Å². The minimum absolute atomic E-state index is 0.0172. The van der Waals surface area contributed by atoms with E-state index in [0.29, 0.717) is 31.6 Å². The summed E-state index contributed by atoms with van der Waals surface area (Å²) in [6.07, 6.45) is 7.79. The van der Waals surface area contributed by atoms with E-state index in [4.69, 9.17) is 14.2 Å². The lowest BCUT2D eigenvalue weighted by molar-refractivity contribution is -0.143. The van der Waals surface area contributed by atoms with Gasteiger partial charge in [-0.3, -0.25) is 19.1 Å². The Morgan fingerprint density at radius 1 is 1.22 bits per heavy atom. The Morgan fingerprint density at radius 3 is 2.71 bits per heavy atom.